The summed E-state index contributed by atoms with van der Waals surface area (Å²) >= 11 is 0. The minimum Gasteiger partial charge on any atom is -0.494 e. The van der Waals surface area contributed by atoms with E-state index in [-0.39, 0.29) is 12.0 Å². The van der Waals surface area contributed by atoms with Crippen molar-refractivity contribution in [2.45, 2.75) is 25.9 Å². The van der Waals surface area contributed by atoms with Crippen LogP contribution in [0.2, 0.25) is 0 Å². The van der Waals surface area contributed by atoms with Crippen molar-refractivity contribution in [3.8, 4) is 11.5 Å². The second kappa shape index (κ2) is 7.81. The van der Waals surface area contributed by atoms with Gasteiger partial charge in [0.2, 0.25) is 0 Å². The lowest BCUT2D eigenvalue weighted by Crippen LogP contribution is -2.44. The number of piperidine rings is 1. The number of benzene rings is 1. The molecule has 0 saturated carbocycles. The highest BCUT2D eigenvalue weighted by atomic mass is 16.5. The van der Waals surface area contributed by atoms with E-state index in [2.05, 4.69) is 4.98 Å². The van der Waals surface area contributed by atoms with Crippen LogP contribution in [0.3, 0.4) is 0 Å². The number of rotatable bonds is 5. The molecule has 1 fully saturated rings. The van der Waals surface area contributed by atoms with Crippen LogP contribution in [0.4, 0.5) is 0 Å². The number of carbonyl (C=O) groups is 1. The van der Waals surface area contributed by atoms with Gasteiger partial charge in [0.05, 0.1) is 13.2 Å². The Morgan fingerprint density at radius 2 is 1.92 bits per heavy atom. The lowest BCUT2D eigenvalue weighted by molar-refractivity contribution is 0.0537. The van der Waals surface area contributed by atoms with Gasteiger partial charge in [0.15, 0.2) is 0 Å². The number of amides is 1. The molecule has 1 aliphatic rings. The second-order valence-electron chi connectivity index (χ2n) is 5.77. The molecule has 5 nitrogen and oxygen atoms in total. The van der Waals surface area contributed by atoms with Gasteiger partial charge in [-0.15, -0.1) is 0 Å². The molecule has 1 aromatic carbocycles. The third kappa shape index (κ3) is 4.04. The van der Waals surface area contributed by atoms with Crippen LogP contribution in [0.15, 0.2) is 48.8 Å². The standard InChI is InChI=1S/C19H22N2O3/c1-2-23-16-7-5-15(6-8-16)19(22)21-13-3-4-18(14-21)24-17-9-11-20-12-10-17/h5-12,18H,2-4,13-14H2,1H3. The summed E-state index contributed by atoms with van der Waals surface area (Å²) in [5.41, 5.74) is 0.683. The minimum atomic E-state index is 0.0211. The van der Waals surface area contributed by atoms with Crippen molar-refractivity contribution in [2.75, 3.05) is 19.7 Å². The Balaban J connectivity index is 1.62. The quantitative estimate of drug-likeness (QED) is 0.847. The van der Waals surface area contributed by atoms with Gasteiger partial charge in [0, 0.05) is 24.5 Å². The van der Waals surface area contributed by atoms with E-state index in [1.54, 1.807) is 12.4 Å². The molecule has 1 aliphatic heterocycles. The van der Waals surface area contributed by atoms with Crippen LogP contribution in [0.5, 0.6) is 11.5 Å². The maximum Gasteiger partial charge on any atom is 0.253 e. The number of ether oxygens (including phenoxy) is 2. The molecular formula is C19H22N2O3. The fourth-order valence-corrected chi connectivity index (χ4v) is 2.87. The Bertz CT molecular complexity index is 658. The number of hydrogen-bond donors (Lipinski definition) is 0. The first-order chi connectivity index (χ1) is 11.8. The summed E-state index contributed by atoms with van der Waals surface area (Å²) in [6.07, 6.45) is 5.34. The van der Waals surface area contributed by atoms with Crippen molar-refractivity contribution in [1.82, 2.24) is 9.88 Å². The minimum absolute atomic E-state index is 0.0211. The third-order valence-electron chi connectivity index (χ3n) is 4.03. The van der Waals surface area contributed by atoms with Crippen LogP contribution in [-0.4, -0.2) is 41.6 Å². The Morgan fingerprint density at radius 3 is 2.62 bits per heavy atom. The van der Waals surface area contributed by atoms with Crippen LogP contribution in [0, 0.1) is 0 Å². The predicted octanol–water partition coefficient (Wildman–Crippen LogP) is 3.16. The summed E-state index contributed by atoms with van der Waals surface area (Å²) < 4.78 is 11.4. The van der Waals surface area contributed by atoms with Gasteiger partial charge in [0.1, 0.15) is 17.6 Å². The van der Waals surface area contributed by atoms with Crippen molar-refractivity contribution in [3.63, 3.8) is 0 Å². The average Bonchev–Trinajstić information content (AvgIpc) is 2.63. The van der Waals surface area contributed by atoms with E-state index in [0.717, 1.165) is 30.9 Å². The number of aromatic nitrogens is 1. The molecule has 1 saturated heterocycles. The average molecular weight is 326 g/mol. The molecule has 0 N–H and O–H groups in total. The first-order valence-electron chi connectivity index (χ1n) is 8.35. The van der Waals surface area contributed by atoms with Gasteiger partial charge in [-0.05, 0) is 56.2 Å². The number of nitrogens with zero attached hydrogens (tertiary/aromatic N) is 2. The molecule has 0 bridgehead atoms. The van der Waals surface area contributed by atoms with Gasteiger partial charge in [-0.25, -0.2) is 0 Å². The zero-order valence-corrected chi connectivity index (χ0v) is 13.9. The molecule has 1 amide bonds. The Morgan fingerprint density at radius 1 is 1.17 bits per heavy atom. The molecular weight excluding hydrogens is 304 g/mol. The first-order valence-corrected chi connectivity index (χ1v) is 8.35. The zero-order chi connectivity index (χ0) is 16.8. The van der Waals surface area contributed by atoms with Gasteiger partial charge < -0.3 is 14.4 Å². The largest absolute Gasteiger partial charge is 0.494 e. The van der Waals surface area contributed by atoms with Crippen LogP contribution >= 0.6 is 0 Å². The highest BCUT2D eigenvalue weighted by Crippen LogP contribution is 2.20. The molecule has 0 radical (unpaired) electrons. The maximum atomic E-state index is 12.7. The van der Waals surface area contributed by atoms with E-state index >= 15 is 0 Å². The lowest BCUT2D eigenvalue weighted by Gasteiger charge is -2.33. The molecule has 0 aliphatic carbocycles. The van der Waals surface area contributed by atoms with Crippen LogP contribution in [0.25, 0.3) is 0 Å². The molecule has 0 spiro atoms. The predicted molar refractivity (Wildman–Crippen MR) is 91.4 cm³/mol. The highest BCUT2D eigenvalue weighted by molar-refractivity contribution is 5.94. The highest BCUT2D eigenvalue weighted by Gasteiger charge is 2.25. The van der Waals surface area contributed by atoms with E-state index in [4.69, 9.17) is 9.47 Å². The van der Waals surface area contributed by atoms with Gasteiger partial charge in [-0.3, -0.25) is 9.78 Å². The maximum absolute atomic E-state index is 12.7. The molecule has 2 heterocycles. The summed E-state index contributed by atoms with van der Waals surface area (Å²) in [5.74, 6) is 1.62. The van der Waals surface area contributed by atoms with E-state index in [0.29, 0.717) is 18.7 Å². The van der Waals surface area contributed by atoms with Gasteiger partial charge in [0.25, 0.3) is 5.91 Å². The third-order valence-corrected chi connectivity index (χ3v) is 4.03. The van der Waals surface area contributed by atoms with Crippen LogP contribution < -0.4 is 9.47 Å². The Hall–Kier alpha value is -2.56. The Kier molecular flexibility index (Phi) is 5.31. The molecule has 3 rings (SSSR count). The molecule has 2 aromatic rings. The first kappa shape index (κ1) is 16.3. The van der Waals surface area contributed by atoms with E-state index in [1.807, 2.05) is 48.2 Å². The van der Waals surface area contributed by atoms with E-state index in [1.165, 1.54) is 0 Å². The monoisotopic (exact) mass is 326 g/mol. The lowest BCUT2D eigenvalue weighted by atomic mass is 10.1. The van der Waals surface area contributed by atoms with Crippen LogP contribution in [0.1, 0.15) is 30.1 Å². The fourth-order valence-electron chi connectivity index (χ4n) is 2.87. The summed E-state index contributed by atoms with van der Waals surface area (Å²) in [5, 5.41) is 0. The molecule has 126 valence electrons. The summed E-state index contributed by atoms with van der Waals surface area (Å²) in [4.78, 5) is 18.5. The fraction of sp³-hybridized carbons (Fsp3) is 0.368. The Labute approximate surface area is 142 Å². The molecule has 1 unspecified atom stereocenters. The number of likely N-dealkylation sites (tertiary alicyclic amines) is 1. The summed E-state index contributed by atoms with van der Waals surface area (Å²) in [6, 6.07) is 11.0. The van der Waals surface area contributed by atoms with Crippen LogP contribution in [-0.2, 0) is 0 Å². The number of carbonyl (C=O) groups excluding carboxylic acids is 1. The smallest absolute Gasteiger partial charge is 0.253 e. The number of pyridine rings is 1. The normalized spacial score (nSPS) is 17.4. The molecule has 24 heavy (non-hydrogen) atoms. The van der Waals surface area contributed by atoms with E-state index in [9.17, 15) is 4.79 Å². The second-order valence-corrected chi connectivity index (χ2v) is 5.77. The van der Waals surface area contributed by atoms with Crippen molar-refractivity contribution in [1.29, 1.82) is 0 Å². The van der Waals surface area contributed by atoms with Crippen molar-refractivity contribution >= 4 is 5.91 Å². The van der Waals surface area contributed by atoms with Gasteiger partial charge in [-0.2, -0.15) is 0 Å². The summed E-state index contributed by atoms with van der Waals surface area (Å²) in [7, 11) is 0. The van der Waals surface area contributed by atoms with E-state index < -0.39 is 0 Å². The molecule has 5 heteroatoms. The topological polar surface area (TPSA) is 51.7 Å². The molecule has 1 aromatic heterocycles. The molecule has 1 atom stereocenters. The van der Waals surface area contributed by atoms with Gasteiger partial charge in [-0.1, -0.05) is 0 Å². The van der Waals surface area contributed by atoms with Gasteiger partial charge >= 0.3 is 0 Å². The van der Waals surface area contributed by atoms with Crippen molar-refractivity contribution in [2.24, 2.45) is 0 Å². The summed E-state index contributed by atoms with van der Waals surface area (Å²) in [6.45, 7) is 3.93. The zero-order valence-electron chi connectivity index (χ0n) is 13.9. The SMILES string of the molecule is CCOc1ccc(C(=O)N2CCCC(Oc3ccncc3)C2)cc1. The number of hydrogen-bond acceptors (Lipinski definition) is 4. The van der Waals surface area contributed by atoms with Crippen molar-refractivity contribution < 1.29 is 14.3 Å². The van der Waals surface area contributed by atoms with Crippen molar-refractivity contribution in [3.05, 3.63) is 54.4 Å².